The Kier molecular flexibility index (Phi) is 6.35. The van der Waals surface area contributed by atoms with Crippen LogP contribution in [0, 0.1) is 0 Å². The third-order valence-electron chi connectivity index (χ3n) is 11.7. The lowest BCUT2D eigenvalue weighted by molar-refractivity contribution is 0.670. The van der Waals surface area contributed by atoms with E-state index in [1.165, 1.54) is 0 Å². The van der Waals surface area contributed by atoms with E-state index in [4.69, 9.17) is 23.8 Å². The van der Waals surface area contributed by atoms with Crippen molar-refractivity contribution in [3.8, 4) is 34.2 Å². The van der Waals surface area contributed by atoms with Crippen molar-refractivity contribution >= 4 is 97.9 Å². The lowest BCUT2D eigenvalue weighted by Gasteiger charge is -2.12. The van der Waals surface area contributed by atoms with E-state index >= 15 is 0 Å². The zero-order chi connectivity index (χ0) is 37.9. The molecule has 0 radical (unpaired) electrons. The van der Waals surface area contributed by atoms with Crippen molar-refractivity contribution in [3.63, 3.8) is 0 Å². The van der Waals surface area contributed by atoms with Crippen LogP contribution in [0.5, 0.6) is 0 Å². The molecule has 0 aliphatic carbocycles. The fourth-order valence-corrected chi connectivity index (χ4v) is 9.13. The van der Waals surface area contributed by atoms with Crippen molar-refractivity contribution in [2.45, 2.75) is 0 Å². The number of hydrogen-bond acceptors (Lipinski definition) is 6. The van der Waals surface area contributed by atoms with Gasteiger partial charge in [0.05, 0.1) is 16.6 Å². The van der Waals surface area contributed by atoms with Gasteiger partial charge in [0.1, 0.15) is 22.3 Å². The third-order valence-corrected chi connectivity index (χ3v) is 11.7. The van der Waals surface area contributed by atoms with E-state index in [2.05, 4.69) is 145 Å². The number of benzene rings is 9. The highest BCUT2D eigenvalue weighted by Gasteiger charge is 2.25. The predicted octanol–water partition coefficient (Wildman–Crippen LogP) is 13.8. The van der Waals surface area contributed by atoms with E-state index in [0.717, 1.165) is 115 Å². The molecule has 6 heteroatoms. The quantitative estimate of drug-likeness (QED) is 0.179. The molecule has 0 aliphatic heterocycles. The monoisotopic (exact) mass is 740 g/mol. The Morgan fingerprint density at radius 1 is 0.328 bits per heavy atom. The van der Waals surface area contributed by atoms with Gasteiger partial charge in [-0.05, 0) is 79.5 Å². The molecule has 0 atom stereocenters. The Labute approximate surface area is 329 Å². The second kappa shape index (κ2) is 11.8. The first-order chi connectivity index (χ1) is 28.7. The lowest BCUT2D eigenvalue weighted by Crippen LogP contribution is -2.01. The first-order valence-corrected chi connectivity index (χ1v) is 19.4. The Hall–Kier alpha value is -7.96. The van der Waals surface area contributed by atoms with Gasteiger partial charge in [-0.15, -0.1) is 0 Å². The van der Waals surface area contributed by atoms with E-state index in [1.807, 2.05) is 30.5 Å². The molecule has 0 saturated heterocycles. The summed E-state index contributed by atoms with van der Waals surface area (Å²) >= 11 is 0. The number of hydrogen-bond donors (Lipinski definition) is 0. The van der Waals surface area contributed by atoms with Crippen LogP contribution in [0.1, 0.15) is 0 Å². The maximum atomic E-state index is 6.90. The van der Waals surface area contributed by atoms with Crippen molar-refractivity contribution in [2.75, 3.05) is 0 Å². The normalized spacial score (nSPS) is 12.1. The Balaban J connectivity index is 1.18. The van der Waals surface area contributed by atoms with Crippen LogP contribution in [-0.2, 0) is 0 Å². The van der Waals surface area contributed by atoms with Crippen LogP contribution in [0.2, 0.25) is 0 Å². The van der Waals surface area contributed by atoms with E-state index in [-0.39, 0.29) is 0 Å². The maximum absolute atomic E-state index is 6.90. The van der Waals surface area contributed by atoms with Gasteiger partial charge >= 0.3 is 0 Å². The highest BCUT2D eigenvalue weighted by atomic mass is 16.3. The average Bonchev–Trinajstić information content (AvgIpc) is 3.89. The molecule has 9 aromatic carbocycles. The Morgan fingerprint density at radius 3 is 1.26 bits per heavy atom. The average molecular weight is 741 g/mol. The van der Waals surface area contributed by atoms with Gasteiger partial charge in [0, 0.05) is 38.7 Å². The molecule has 6 nitrogen and oxygen atoms in total. The van der Waals surface area contributed by atoms with Crippen molar-refractivity contribution in [2.24, 2.45) is 0 Å². The largest absolute Gasteiger partial charge is 0.455 e. The minimum Gasteiger partial charge on any atom is -0.455 e. The van der Waals surface area contributed by atoms with Gasteiger partial charge < -0.3 is 8.83 Å². The molecule has 4 heterocycles. The SMILES string of the molecule is c1ccc2c(c1)ccc1oc3c(-c4nc(-c5ccnc6ccccc56)nc(-c5cc6ccccc6c6c5oc5ccc7ccccc7c56)n4)cc4ccccc4c3c12. The van der Waals surface area contributed by atoms with Gasteiger partial charge in [0.25, 0.3) is 0 Å². The molecule has 0 bridgehead atoms. The summed E-state index contributed by atoms with van der Waals surface area (Å²) in [4.78, 5) is 20.7. The number of rotatable bonds is 3. The van der Waals surface area contributed by atoms with Crippen LogP contribution in [0.25, 0.3) is 132 Å². The number of para-hydroxylation sites is 1. The van der Waals surface area contributed by atoms with Crippen molar-refractivity contribution in [3.05, 3.63) is 170 Å². The number of fused-ring (bicyclic) bond motifs is 15. The molecule has 4 aromatic heterocycles. The molecular weight excluding hydrogens is 713 g/mol. The fourth-order valence-electron chi connectivity index (χ4n) is 9.13. The summed E-state index contributed by atoms with van der Waals surface area (Å²) in [6, 6.07) is 56.7. The summed E-state index contributed by atoms with van der Waals surface area (Å²) in [5.41, 5.74) is 6.36. The van der Waals surface area contributed by atoms with Crippen molar-refractivity contribution in [1.82, 2.24) is 19.9 Å². The molecular formula is C52H28N4O2. The summed E-state index contributed by atoms with van der Waals surface area (Å²) < 4.78 is 13.8. The summed E-state index contributed by atoms with van der Waals surface area (Å²) in [5, 5.41) is 14.1. The topological polar surface area (TPSA) is 77.8 Å². The summed E-state index contributed by atoms with van der Waals surface area (Å²) in [5.74, 6) is 1.54. The minimum absolute atomic E-state index is 0.503. The first kappa shape index (κ1) is 31.3. The minimum atomic E-state index is 0.503. The van der Waals surface area contributed by atoms with E-state index in [9.17, 15) is 0 Å². The molecule has 268 valence electrons. The highest BCUT2D eigenvalue weighted by Crippen LogP contribution is 2.46. The Bertz CT molecular complexity index is 3660. The number of aromatic nitrogens is 4. The molecule has 0 N–H and O–H groups in total. The van der Waals surface area contributed by atoms with Gasteiger partial charge in [-0.25, -0.2) is 15.0 Å². The van der Waals surface area contributed by atoms with Crippen LogP contribution < -0.4 is 0 Å². The van der Waals surface area contributed by atoms with Crippen LogP contribution in [0.15, 0.2) is 179 Å². The molecule has 0 aliphatic rings. The fraction of sp³-hybridized carbons (Fsp3) is 0. The second-order valence-electron chi connectivity index (χ2n) is 14.9. The molecule has 0 spiro atoms. The smallest absolute Gasteiger partial charge is 0.167 e. The highest BCUT2D eigenvalue weighted by molar-refractivity contribution is 6.30. The van der Waals surface area contributed by atoms with E-state index in [1.54, 1.807) is 0 Å². The van der Waals surface area contributed by atoms with Crippen LogP contribution in [0.4, 0.5) is 0 Å². The van der Waals surface area contributed by atoms with Crippen LogP contribution in [0.3, 0.4) is 0 Å². The predicted molar refractivity (Wildman–Crippen MR) is 236 cm³/mol. The van der Waals surface area contributed by atoms with Gasteiger partial charge in [-0.2, -0.15) is 0 Å². The van der Waals surface area contributed by atoms with Gasteiger partial charge in [-0.3, -0.25) is 4.98 Å². The lowest BCUT2D eigenvalue weighted by atomic mass is 9.96. The standard InChI is InChI=1S/C52H28N4O2/c1-5-15-33-29(11-1)21-23-42-44(33)46-35-17-7-3-13-31(35)27-39(48(46)57-42)51-54-50(38-25-26-53-41-20-10-9-19-37(38)41)55-52(56-51)40-28-32-14-4-8-18-36(32)47-45-34-16-6-2-12-30(34)22-24-43(45)58-49(40)47/h1-28H. The number of nitrogens with zero attached hydrogens (tertiary/aromatic N) is 4. The zero-order valence-electron chi connectivity index (χ0n) is 30.8. The van der Waals surface area contributed by atoms with Gasteiger partial charge in [0.15, 0.2) is 17.5 Å². The summed E-state index contributed by atoms with van der Waals surface area (Å²) in [6.45, 7) is 0. The molecule has 58 heavy (non-hydrogen) atoms. The third kappa shape index (κ3) is 4.42. The molecule has 13 aromatic rings. The van der Waals surface area contributed by atoms with Gasteiger partial charge in [0.2, 0.25) is 0 Å². The van der Waals surface area contributed by atoms with Crippen molar-refractivity contribution in [1.29, 1.82) is 0 Å². The van der Waals surface area contributed by atoms with Gasteiger partial charge in [-0.1, -0.05) is 127 Å². The Morgan fingerprint density at radius 2 is 0.741 bits per heavy atom. The molecule has 0 saturated carbocycles. The zero-order valence-corrected chi connectivity index (χ0v) is 30.8. The number of furan rings is 2. The second-order valence-corrected chi connectivity index (χ2v) is 14.9. The van der Waals surface area contributed by atoms with E-state index < -0.39 is 0 Å². The van der Waals surface area contributed by atoms with Crippen LogP contribution in [-0.4, -0.2) is 19.9 Å². The molecule has 0 unspecified atom stereocenters. The van der Waals surface area contributed by atoms with Crippen LogP contribution >= 0.6 is 0 Å². The molecule has 13 rings (SSSR count). The first-order valence-electron chi connectivity index (χ1n) is 19.4. The van der Waals surface area contributed by atoms with Crippen molar-refractivity contribution < 1.29 is 8.83 Å². The summed E-state index contributed by atoms with van der Waals surface area (Å²) in [7, 11) is 0. The molecule has 0 fully saturated rings. The maximum Gasteiger partial charge on any atom is 0.167 e. The summed E-state index contributed by atoms with van der Waals surface area (Å²) in [6.07, 6.45) is 1.82. The molecule has 0 amide bonds. The number of pyridine rings is 1. The van der Waals surface area contributed by atoms with E-state index in [0.29, 0.717) is 17.5 Å².